The van der Waals surface area contributed by atoms with Gasteiger partial charge in [-0.15, -0.1) is 0 Å². The number of nitrogens with one attached hydrogen (secondary N) is 2. The molecule has 0 aromatic rings. The van der Waals surface area contributed by atoms with E-state index in [0.717, 1.165) is 12.6 Å². The molecule has 13 heavy (non-hydrogen) atoms. The van der Waals surface area contributed by atoms with Crippen LogP contribution < -0.4 is 10.6 Å². The Bertz CT molecular complexity index is 65.7. The van der Waals surface area contributed by atoms with E-state index in [2.05, 4.69) is 17.6 Å². The normalized spacial score (nSPS) is 16.4. The first-order valence-corrected chi connectivity index (χ1v) is 5.87. The lowest BCUT2D eigenvalue weighted by Gasteiger charge is -2.22. The first-order valence-electron chi connectivity index (χ1n) is 5.87. The minimum absolute atomic E-state index is 0.788. The van der Waals surface area contributed by atoms with Crippen molar-refractivity contribution < 1.29 is 0 Å². The molecule has 0 aromatic heterocycles. The summed E-state index contributed by atoms with van der Waals surface area (Å²) in [6.07, 6.45) is 2.60. The Kier molecular flexibility index (Phi) is 17.1. The van der Waals surface area contributed by atoms with Gasteiger partial charge in [-0.1, -0.05) is 34.6 Å². The third kappa shape index (κ3) is 9.84. The minimum Gasteiger partial charge on any atom is -0.317 e. The second kappa shape index (κ2) is 14.4. The molecule has 0 aromatic carbocycles. The Morgan fingerprint density at radius 1 is 1.08 bits per heavy atom. The van der Waals surface area contributed by atoms with E-state index < -0.39 is 0 Å². The van der Waals surface area contributed by atoms with E-state index in [9.17, 15) is 0 Å². The van der Waals surface area contributed by atoms with Gasteiger partial charge in [-0.3, -0.25) is 0 Å². The summed E-state index contributed by atoms with van der Waals surface area (Å²) in [5.74, 6) is 0. The molecule has 82 valence electrons. The van der Waals surface area contributed by atoms with Crippen molar-refractivity contribution in [2.24, 2.45) is 0 Å². The van der Waals surface area contributed by atoms with Crippen molar-refractivity contribution in [2.75, 3.05) is 19.6 Å². The van der Waals surface area contributed by atoms with Crippen LogP contribution in [0, 0.1) is 0 Å². The first-order chi connectivity index (χ1) is 6.43. The van der Waals surface area contributed by atoms with Crippen molar-refractivity contribution in [1.82, 2.24) is 10.6 Å². The maximum absolute atomic E-state index is 3.44. The average Bonchev–Trinajstić information content (AvgIpc) is 2.26. The van der Waals surface area contributed by atoms with Gasteiger partial charge in [0.15, 0.2) is 0 Å². The highest BCUT2D eigenvalue weighted by Gasteiger charge is 2.09. The summed E-state index contributed by atoms with van der Waals surface area (Å²) in [5.41, 5.74) is 0. The monoisotopic (exact) mass is 188 g/mol. The van der Waals surface area contributed by atoms with Crippen LogP contribution in [-0.4, -0.2) is 25.7 Å². The summed E-state index contributed by atoms with van der Waals surface area (Å²) >= 11 is 0. The van der Waals surface area contributed by atoms with Gasteiger partial charge in [0.2, 0.25) is 0 Å². The second-order valence-electron chi connectivity index (χ2n) is 2.58. The summed E-state index contributed by atoms with van der Waals surface area (Å²) in [5, 5.41) is 6.78. The smallest absolute Gasteiger partial charge is 0.00911 e. The van der Waals surface area contributed by atoms with Gasteiger partial charge in [0, 0.05) is 6.04 Å². The van der Waals surface area contributed by atoms with E-state index in [1.165, 1.54) is 25.9 Å². The van der Waals surface area contributed by atoms with E-state index in [4.69, 9.17) is 0 Å². The molecule has 0 bridgehead atoms. The Hall–Kier alpha value is -0.0800. The van der Waals surface area contributed by atoms with Gasteiger partial charge < -0.3 is 10.6 Å². The zero-order valence-corrected chi connectivity index (χ0v) is 10.1. The maximum Gasteiger partial charge on any atom is 0.00911 e. The number of rotatable bonds is 2. The molecule has 1 aliphatic heterocycles. The van der Waals surface area contributed by atoms with Gasteiger partial charge >= 0.3 is 0 Å². The standard InChI is InChI=1S/C7H16N2.2C2H6/c1-2-9-7-3-5-8-6-4-7;2*1-2/h7-9H,2-6H2,1H3;2*1-2H3. The Morgan fingerprint density at radius 3 is 1.92 bits per heavy atom. The van der Waals surface area contributed by atoms with Crippen LogP contribution in [0.1, 0.15) is 47.5 Å². The molecule has 2 nitrogen and oxygen atoms in total. The summed E-state index contributed by atoms with van der Waals surface area (Å²) < 4.78 is 0. The van der Waals surface area contributed by atoms with Crippen LogP contribution in [0.2, 0.25) is 0 Å². The van der Waals surface area contributed by atoms with Crippen molar-refractivity contribution in [1.29, 1.82) is 0 Å². The van der Waals surface area contributed by atoms with E-state index in [0.29, 0.717) is 0 Å². The van der Waals surface area contributed by atoms with Crippen LogP contribution in [0.25, 0.3) is 0 Å². The molecule has 0 radical (unpaired) electrons. The van der Waals surface area contributed by atoms with E-state index in [1.54, 1.807) is 0 Å². The molecule has 0 atom stereocenters. The predicted molar refractivity (Wildman–Crippen MR) is 62.3 cm³/mol. The zero-order valence-electron chi connectivity index (χ0n) is 10.1. The summed E-state index contributed by atoms with van der Waals surface area (Å²) in [6, 6.07) is 0.788. The molecule has 0 spiro atoms. The molecule has 1 fully saturated rings. The summed E-state index contributed by atoms with van der Waals surface area (Å²) in [6.45, 7) is 13.7. The lowest BCUT2D eigenvalue weighted by molar-refractivity contribution is 0.394. The molecule has 0 aliphatic carbocycles. The topological polar surface area (TPSA) is 24.1 Å². The molecule has 1 rings (SSSR count). The lowest BCUT2D eigenvalue weighted by Crippen LogP contribution is -2.39. The highest BCUT2D eigenvalue weighted by atomic mass is 15.0. The number of hydrogen-bond acceptors (Lipinski definition) is 2. The Morgan fingerprint density at radius 2 is 1.54 bits per heavy atom. The van der Waals surface area contributed by atoms with Crippen molar-refractivity contribution in [3.63, 3.8) is 0 Å². The number of piperidine rings is 1. The van der Waals surface area contributed by atoms with E-state index in [1.807, 2.05) is 27.7 Å². The fraction of sp³-hybridized carbons (Fsp3) is 1.00. The maximum atomic E-state index is 3.44. The molecular weight excluding hydrogens is 160 g/mol. The SMILES string of the molecule is CC.CC.CCNC1CCNCC1. The molecule has 2 heteroatoms. The Balaban J connectivity index is 0. The molecular formula is C11H28N2. The largest absolute Gasteiger partial charge is 0.317 e. The summed E-state index contributed by atoms with van der Waals surface area (Å²) in [7, 11) is 0. The van der Waals surface area contributed by atoms with Crippen molar-refractivity contribution in [3.05, 3.63) is 0 Å². The quantitative estimate of drug-likeness (QED) is 0.695. The highest BCUT2D eigenvalue weighted by Crippen LogP contribution is 2.00. The van der Waals surface area contributed by atoms with Gasteiger partial charge in [-0.25, -0.2) is 0 Å². The first kappa shape index (κ1) is 15.4. The average molecular weight is 188 g/mol. The molecule has 1 saturated heterocycles. The number of hydrogen-bond donors (Lipinski definition) is 2. The fourth-order valence-electron chi connectivity index (χ4n) is 1.31. The van der Waals surface area contributed by atoms with Gasteiger partial charge in [0.1, 0.15) is 0 Å². The van der Waals surface area contributed by atoms with Gasteiger partial charge in [0.25, 0.3) is 0 Å². The van der Waals surface area contributed by atoms with Crippen molar-refractivity contribution in [2.45, 2.75) is 53.5 Å². The lowest BCUT2D eigenvalue weighted by atomic mass is 10.1. The van der Waals surface area contributed by atoms with E-state index >= 15 is 0 Å². The highest BCUT2D eigenvalue weighted by molar-refractivity contribution is 4.72. The van der Waals surface area contributed by atoms with Crippen molar-refractivity contribution >= 4 is 0 Å². The van der Waals surface area contributed by atoms with Crippen LogP contribution in [0.15, 0.2) is 0 Å². The van der Waals surface area contributed by atoms with Crippen LogP contribution in [0.5, 0.6) is 0 Å². The summed E-state index contributed by atoms with van der Waals surface area (Å²) in [4.78, 5) is 0. The van der Waals surface area contributed by atoms with Crippen molar-refractivity contribution in [3.8, 4) is 0 Å². The third-order valence-corrected chi connectivity index (χ3v) is 1.83. The zero-order chi connectivity index (χ0) is 10.5. The van der Waals surface area contributed by atoms with Gasteiger partial charge in [-0.05, 0) is 32.5 Å². The molecule has 1 heterocycles. The Labute approximate surface area is 84.5 Å². The molecule has 0 amide bonds. The second-order valence-corrected chi connectivity index (χ2v) is 2.58. The van der Waals surface area contributed by atoms with Crippen LogP contribution in [0.4, 0.5) is 0 Å². The van der Waals surface area contributed by atoms with E-state index in [-0.39, 0.29) is 0 Å². The van der Waals surface area contributed by atoms with Crippen LogP contribution >= 0.6 is 0 Å². The predicted octanol–water partition coefficient (Wildman–Crippen LogP) is 2.40. The van der Waals surface area contributed by atoms with Gasteiger partial charge in [-0.2, -0.15) is 0 Å². The molecule has 0 unspecified atom stereocenters. The fourth-order valence-corrected chi connectivity index (χ4v) is 1.31. The van der Waals surface area contributed by atoms with Crippen LogP contribution in [0.3, 0.4) is 0 Å². The molecule has 2 N–H and O–H groups in total. The van der Waals surface area contributed by atoms with Gasteiger partial charge in [0.05, 0.1) is 0 Å². The molecule has 0 saturated carbocycles. The van der Waals surface area contributed by atoms with Crippen LogP contribution in [-0.2, 0) is 0 Å². The molecule has 1 aliphatic rings. The minimum atomic E-state index is 0.788. The third-order valence-electron chi connectivity index (χ3n) is 1.83.